The van der Waals surface area contributed by atoms with Gasteiger partial charge in [0.1, 0.15) is 17.3 Å². The topological polar surface area (TPSA) is 103 Å². The number of fused-ring (bicyclic) bond motifs is 2. The lowest BCUT2D eigenvalue weighted by atomic mass is 10.1. The molecular formula is C25H17F4N4O3+. The Morgan fingerprint density at radius 3 is 2.42 bits per heavy atom. The molecule has 3 aromatic heterocycles. The highest BCUT2D eigenvalue weighted by molar-refractivity contribution is 6.10. The maximum atomic E-state index is 14.4. The highest BCUT2D eigenvalue weighted by Crippen LogP contribution is 2.24. The summed E-state index contributed by atoms with van der Waals surface area (Å²) in [6.07, 6.45) is 0.299. The van der Waals surface area contributed by atoms with E-state index in [9.17, 15) is 22.4 Å². The highest BCUT2D eigenvalue weighted by Gasteiger charge is 2.29. The van der Waals surface area contributed by atoms with Crippen LogP contribution in [0.25, 0.3) is 27.7 Å². The molecule has 1 amide bonds. The van der Waals surface area contributed by atoms with E-state index in [4.69, 9.17) is 9.90 Å². The van der Waals surface area contributed by atoms with E-state index in [1.807, 2.05) is 54.9 Å². The van der Waals surface area contributed by atoms with E-state index < -0.39 is 12.1 Å². The Balaban J connectivity index is 0.000000384. The van der Waals surface area contributed by atoms with Crippen LogP contribution in [0.3, 0.4) is 0 Å². The van der Waals surface area contributed by atoms with Crippen LogP contribution in [0.15, 0.2) is 85.3 Å². The van der Waals surface area contributed by atoms with Gasteiger partial charge in [0.2, 0.25) is 5.69 Å². The molecule has 0 atom stereocenters. The summed E-state index contributed by atoms with van der Waals surface area (Å²) in [6.45, 7) is 0. The molecular weight excluding hydrogens is 480 g/mol. The second-order valence-electron chi connectivity index (χ2n) is 7.48. The highest BCUT2D eigenvalue weighted by atomic mass is 19.4. The average Bonchev–Trinajstić information content (AvgIpc) is 3.24. The van der Waals surface area contributed by atoms with Gasteiger partial charge in [0.15, 0.2) is 17.9 Å². The van der Waals surface area contributed by atoms with Gasteiger partial charge in [-0.15, -0.1) is 0 Å². The van der Waals surface area contributed by atoms with Crippen LogP contribution in [0.2, 0.25) is 0 Å². The number of rotatable bonds is 3. The summed E-state index contributed by atoms with van der Waals surface area (Å²) in [5, 5.41) is 13.7. The molecule has 11 heteroatoms. The molecule has 2 aromatic carbocycles. The quantitative estimate of drug-likeness (QED) is 0.296. The van der Waals surface area contributed by atoms with E-state index >= 15 is 0 Å². The van der Waals surface area contributed by atoms with Crippen molar-refractivity contribution in [3.63, 3.8) is 0 Å². The monoisotopic (exact) mass is 497 g/mol. The van der Waals surface area contributed by atoms with Gasteiger partial charge in [-0.25, -0.2) is 14.4 Å². The zero-order chi connectivity index (χ0) is 25.9. The van der Waals surface area contributed by atoms with Gasteiger partial charge in [0.05, 0.1) is 6.20 Å². The molecule has 0 spiro atoms. The molecule has 0 radical (unpaired) electrons. The Kier molecular flexibility index (Phi) is 6.64. The molecule has 5 rings (SSSR count). The van der Waals surface area contributed by atoms with Crippen LogP contribution in [0.1, 0.15) is 10.5 Å². The number of alkyl halides is 3. The number of pyridine rings is 2. The van der Waals surface area contributed by atoms with Gasteiger partial charge in [0, 0.05) is 22.5 Å². The van der Waals surface area contributed by atoms with Crippen molar-refractivity contribution in [2.24, 2.45) is 0 Å². The van der Waals surface area contributed by atoms with Crippen molar-refractivity contribution in [1.82, 2.24) is 4.98 Å². The van der Waals surface area contributed by atoms with Crippen molar-refractivity contribution in [3.05, 3.63) is 96.8 Å². The molecule has 0 saturated carbocycles. The molecule has 36 heavy (non-hydrogen) atoms. The SMILES string of the molecule is O=C(Nc1cccc2c[nH+]ccc12)c1[nH]c(-c2ccccc2F)[n+]2ccccc12.O=C([O-])C(F)(F)F. The summed E-state index contributed by atoms with van der Waals surface area (Å²) in [5.41, 5.74) is 2.13. The van der Waals surface area contributed by atoms with Gasteiger partial charge < -0.3 is 15.2 Å². The number of amides is 1. The number of aromatic nitrogens is 3. The van der Waals surface area contributed by atoms with Gasteiger partial charge >= 0.3 is 6.18 Å². The van der Waals surface area contributed by atoms with Crippen LogP contribution in [-0.4, -0.2) is 23.0 Å². The number of carboxylic acids is 1. The first-order chi connectivity index (χ1) is 17.2. The minimum atomic E-state index is -5.19. The molecule has 3 N–H and O–H groups in total. The molecule has 5 aromatic rings. The van der Waals surface area contributed by atoms with E-state index in [1.165, 1.54) is 6.07 Å². The summed E-state index contributed by atoms with van der Waals surface area (Å²) >= 11 is 0. The standard InChI is InChI=1S/C23H15FN4O.C2HF3O2/c24-18-8-2-1-7-17(18)22-27-21(20-10-3-4-13-28(20)22)23(29)26-19-9-5-6-15-14-25-12-11-16(15)19;3-2(4,5)1(6)7/h1-14H,(H,26,29);(H,6,7)/p+1. The molecule has 0 aliphatic rings. The van der Waals surface area contributed by atoms with E-state index in [-0.39, 0.29) is 11.7 Å². The van der Waals surface area contributed by atoms with Crippen LogP contribution in [0, 0.1) is 5.82 Å². The summed E-state index contributed by atoms with van der Waals surface area (Å²) in [7, 11) is 0. The number of nitrogens with zero attached hydrogens (tertiary/aromatic N) is 1. The number of benzene rings is 2. The van der Waals surface area contributed by atoms with E-state index in [0.29, 0.717) is 28.3 Å². The smallest absolute Gasteiger partial charge is 0.430 e. The van der Waals surface area contributed by atoms with Crippen molar-refractivity contribution in [3.8, 4) is 11.4 Å². The van der Waals surface area contributed by atoms with Crippen LogP contribution >= 0.6 is 0 Å². The molecule has 0 aliphatic carbocycles. The first-order valence-electron chi connectivity index (χ1n) is 10.4. The lowest BCUT2D eigenvalue weighted by Gasteiger charge is -2.05. The maximum Gasteiger partial charge on any atom is 0.430 e. The molecule has 182 valence electrons. The Hall–Kier alpha value is -4.80. The molecule has 0 unspecified atom stereocenters. The fourth-order valence-electron chi connectivity index (χ4n) is 3.57. The van der Waals surface area contributed by atoms with Crippen molar-refractivity contribution >= 4 is 33.9 Å². The van der Waals surface area contributed by atoms with E-state index in [0.717, 1.165) is 10.8 Å². The fraction of sp³-hybridized carbons (Fsp3) is 0.0400. The number of halogens is 4. The van der Waals surface area contributed by atoms with Crippen molar-refractivity contribution in [2.45, 2.75) is 6.18 Å². The van der Waals surface area contributed by atoms with Gasteiger partial charge in [-0.2, -0.15) is 17.6 Å². The predicted molar refractivity (Wildman–Crippen MR) is 119 cm³/mol. The normalized spacial score (nSPS) is 11.1. The minimum absolute atomic E-state index is 0.295. The lowest BCUT2D eigenvalue weighted by Crippen LogP contribution is -2.37. The first kappa shape index (κ1) is 24.3. The maximum absolute atomic E-state index is 14.4. The molecule has 0 fully saturated rings. The number of imidazole rings is 1. The summed E-state index contributed by atoms with van der Waals surface area (Å²) in [4.78, 5) is 28.1. The minimum Gasteiger partial charge on any atom is -0.542 e. The Morgan fingerprint density at radius 1 is 0.972 bits per heavy atom. The Labute approximate surface area is 200 Å². The van der Waals surface area contributed by atoms with Gasteiger partial charge in [-0.1, -0.05) is 24.3 Å². The average molecular weight is 497 g/mol. The van der Waals surface area contributed by atoms with Crippen LogP contribution < -0.4 is 19.8 Å². The number of carbonyl (C=O) groups is 2. The van der Waals surface area contributed by atoms with Crippen LogP contribution in [0.5, 0.6) is 0 Å². The summed E-state index contributed by atoms with van der Waals surface area (Å²) in [6, 6.07) is 19.6. The third kappa shape index (κ3) is 4.99. The third-order valence-corrected chi connectivity index (χ3v) is 5.16. The van der Waals surface area contributed by atoms with E-state index in [2.05, 4.69) is 15.3 Å². The number of hydrogen-bond acceptors (Lipinski definition) is 3. The van der Waals surface area contributed by atoms with E-state index in [1.54, 1.807) is 28.8 Å². The summed E-state index contributed by atoms with van der Waals surface area (Å²) in [5.74, 6) is -3.15. The van der Waals surface area contributed by atoms with Crippen molar-refractivity contribution in [2.75, 3.05) is 5.32 Å². The zero-order valence-electron chi connectivity index (χ0n) is 18.3. The molecule has 0 aliphatic heterocycles. The Bertz CT molecular complexity index is 1580. The molecule has 7 nitrogen and oxygen atoms in total. The van der Waals surface area contributed by atoms with Crippen LogP contribution in [-0.2, 0) is 4.79 Å². The molecule has 3 heterocycles. The summed E-state index contributed by atoms with van der Waals surface area (Å²) < 4.78 is 47.7. The van der Waals surface area contributed by atoms with Crippen molar-refractivity contribution in [1.29, 1.82) is 0 Å². The predicted octanol–water partition coefficient (Wildman–Crippen LogP) is 3.08. The fourth-order valence-corrected chi connectivity index (χ4v) is 3.57. The number of hydrogen-bond donors (Lipinski definition) is 2. The second kappa shape index (κ2) is 9.82. The number of carboxylic acid groups (broad SMARTS) is 1. The van der Waals surface area contributed by atoms with Crippen LogP contribution in [0.4, 0.5) is 23.2 Å². The number of H-pyrrole nitrogens is 2. The third-order valence-electron chi connectivity index (χ3n) is 5.16. The van der Waals surface area contributed by atoms with Gasteiger partial charge in [0.25, 0.3) is 11.7 Å². The zero-order valence-corrected chi connectivity index (χ0v) is 18.3. The molecule has 0 saturated heterocycles. The first-order valence-corrected chi connectivity index (χ1v) is 10.4. The number of anilines is 1. The van der Waals surface area contributed by atoms with Crippen molar-refractivity contribution < 1.29 is 41.6 Å². The number of carbonyl (C=O) groups excluding carboxylic acids is 2. The number of nitrogens with one attached hydrogen (secondary N) is 3. The Morgan fingerprint density at radius 2 is 1.69 bits per heavy atom. The van der Waals surface area contributed by atoms with Gasteiger partial charge in [-0.3, -0.25) is 4.79 Å². The second-order valence-corrected chi connectivity index (χ2v) is 7.48. The largest absolute Gasteiger partial charge is 0.542 e. The van der Waals surface area contributed by atoms with Gasteiger partial charge in [-0.05, 0) is 36.4 Å². The number of aromatic amines is 2. The molecule has 0 bridgehead atoms. The lowest BCUT2D eigenvalue weighted by molar-refractivity contribution is -0.498. The number of aliphatic carboxylic acids is 1.